The molecule has 2 heterocycles. The zero-order valence-electron chi connectivity index (χ0n) is 8.47. The number of hydrogen-bond donors (Lipinski definition) is 1. The number of aryl methyl sites for hydroxylation is 1. The molecule has 4 heteroatoms. The van der Waals surface area contributed by atoms with Gasteiger partial charge in [-0.25, -0.2) is 4.98 Å². The number of rotatable bonds is 3. The highest BCUT2D eigenvalue weighted by Crippen LogP contribution is 2.10. The molecule has 0 amide bonds. The van der Waals surface area contributed by atoms with Gasteiger partial charge in [-0.2, -0.15) is 0 Å². The van der Waals surface area contributed by atoms with Crippen molar-refractivity contribution in [3.63, 3.8) is 0 Å². The molecule has 1 N–H and O–H groups in total. The van der Waals surface area contributed by atoms with Gasteiger partial charge in [0.25, 0.3) is 0 Å². The maximum absolute atomic E-state index is 10.6. The Morgan fingerprint density at radius 3 is 3.00 bits per heavy atom. The number of hydrogen-bond acceptors (Lipinski definition) is 2. The van der Waals surface area contributed by atoms with E-state index in [2.05, 4.69) is 4.98 Å². The fourth-order valence-electron chi connectivity index (χ4n) is 1.63. The predicted molar refractivity (Wildman–Crippen MR) is 55.9 cm³/mol. The second kappa shape index (κ2) is 3.73. The molecule has 2 aromatic rings. The largest absolute Gasteiger partial charge is 0.481 e. The van der Waals surface area contributed by atoms with Crippen LogP contribution in [0.4, 0.5) is 0 Å². The van der Waals surface area contributed by atoms with Gasteiger partial charge >= 0.3 is 5.97 Å². The molecule has 15 heavy (non-hydrogen) atoms. The van der Waals surface area contributed by atoms with Crippen LogP contribution in [-0.2, 0) is 17.6 Å². The van der Waals surface area contributed by atoms with Crippen LogP contribution in [0.25, 0.3) is 5.52 Å². The number of nitrogens with zero attached hydrogens (tertiary/aromatic N) is 2. The lowest BCUT2D eigenvalue weighted by molar-refractivity contribution is -0.136. The Balaban J connectivity index is 2.47. The van der Waals surface area contributed by atoms with Gasteiger partial charge in [0, 0.05) is 12.6 Å². The third-order valence-electron chi connectivity index (χ3n) is 2.34. The molecule has 0 bridgehead atoms. The molecule has 0 saturated carbocycles. The van der Waals surface area contributed by atoms with E-state index in [0.717, 1.165) is 23.3 Å². The smallest absolute Gasteiger partial charge is 0.307 e. The summed E-state index contributed by atoms with van der Waals surface area (Å²) in [6.07, 6.45) is 4.53. The number of aliphatic carboxylic acids is 1. The summed E-state index contributed by atoms with van der Waals surface area (Å²) in [5.74, 6) is 0.143. The highest BCUT2D eigenvalue weighted by molar-refractivity contribution is 5.70. The van der Waals surface area contributed by atoms with Gasteiger partial charge in [-0.1, -0.05) is 13.0 Å². The number of imidazole rings is 1. The van der Waals surface area contributed by atoms with E-state index < -0.39 is 5.97 Å². The fourth-order valence-corrected chi connectivity index (χ4v) is 1.63. The van der Waals surface area contributed by atoms with Gasteiger partial charge < -0.3 is 9.51 Å². The van der Waals surface area contributed by atoms with E-state index in [4.69, 9.17) is 5.11 Å². The zero-order valence-corrected chi connectivity index (χ0v) is 8.47. The topological polar surface area (TPSA) is 54.6 Å². The van der Waals surface area contributed by atoms with Crippen LogP contribution in [0.2, 0.25) is 0 Å². The molecule has 0 aliphatic heterocycles. The van der Waals surface area contributed by atoms with E-state index in [0.29, 0.717) is 0 Å². The molecular formula is C11H12N2O2. The monoisotopic (exact) mass is 204 g/mol. The van der Waals surface area contributed by atoms with Crippen molar-refractivity contribution in [2.24, 2.45) is 0 Å². The van der Waals surface area contributed by atoms with Crippen molar-refractivity contribution in [2.75, 3.05) is 0 Å². The van der Waals surface area contributed by atoms with Crippen LogP contribution in [0.5, 0.6) is 0 Å². The van der Waals surface area contributed by atoms with E-state index in [9.17, 15) is 4.79 Å². The summed E-state index contributed by atoms with van der Waals surface area (Å²) in [5, 5.41) is 8.69. The molecule has 0 aliphatic rings. The summed E-state index contributed by atoms with van der Waals surface area (Å²) in [7, 11) is 0. The molecule has 0 fully saturated rings. The number of aromatic nitrogens is 2. The molecule has 0 unspecified atom stereocenters. The fraction of sp³-hybridized carbons (Fsp3) is 0.273. The average Bonchev–Trinajstić information content (AvgIpc) is 2.59. The zero-order chi connectivity index (χ0) is 10.8. The first-order valence-corrected chi connectivity index (χ1v) is 4.87. The summed E-state index contributed by atoms with van der Waals surface area (Å²) in [4.78, 5) is 14.8. The summed E-state index contributed by atoms with van der Waals surface area (Å²) in [6, 6.07) is 3.72. The van der Waals surface area contributed by atoms with Crippen molar-refractivity contribution >= 4 is 11.5 Å². The molecule has 2 rings (SSSR count). The van der Waals surface area contributed by atoms with Crippen LogP contribution in [-0.4, -0.2) is 20.5 Å². The minimum atomic E-state index is -0.812. The highest BCUT2D eigenvalue weighted by atomic mass is 16.4. The third kappa shape index (κ3) is 1.83. The third-order valence-corrected chi connectivity index (χ3v) is 2.34. The molecule has 0 atom stereocenters. The Morgan fingerprint density at radius 1 is 1.53 bits per heavy atom. The number of pyridine rings is 1. The lowest BCUT2D eigenvalue weighted by Crippen LogP contribution is -2.02. The molecule has 0 saturated heterocycles. The average molecular weight is 204 g/mol. The Labute approximate surface area is 87.2 Å². The lowest BCUT2D eigenvalue weighted by atomic mass is 10.2. The Kier molecular flexibility index (Phi) is 2.41. The van der Waals surface area contributed by atoms with E-state index in [1.54, 1.807) is 6.20 Å². The Hall–Kier alpha value is -1.84. The lowest BCUT2D eigenvalue weighted by Gasteiger charge is -2.01. The van der Waals surface area contributed by atoms with Gasteiger partial charge in [-0.05, 0) is 11.6 Å². The van der Waals surface area contributed by atoms with Gasteiger partial charge in [-0.3, -0.25) is 4.79 Å². The van der Waals surface area contributed by atoms with Gasteiger partial charge in [0.15, 0.2) is 0 Å². The van der Waals surface area contributed by atoms with Gasteiger partial charge in [0.1, 0.15) is 5.82 Å². The summed E-state index contributed by atoms with van der Waals surface area (Å²) >= 11 is 0. The van der Waals surface area contributed by atoms with Crippen LogP contribution < -0.4 is 0 Å². The van der Waals surface area contributed by atoms with E-state index in [-0.39, 0.29) is 6.42 Å². The number of carboxylic acid groups (broad SMARTS) is 1. The first-order chi connectivity index (χ1) is 7.20. The quantitative estimate of drug-likeness (QED) is 0.824. The number of fused-ring (bicyclic) bond motifs is 1. The standard InChI is InChI=1S/C11H12N2O2/c1-2-10-12-6-9-4-3-8(5-11(14)15)7-13(9)10/h3-4,6-7H,2,5H2,1H3,(H,14,15). The van der Waals surface area contributed by atoms with Crippen molar-refractivity contribution < 1.29 is 9.90 Å². The highest BCUT2D eigenvalue weighted by Gasteiger charge is 2.04. The summed E-state index contributed by atoms with van der Waals surface area (Å²) < 4.78 is 1.94. The van der Waals surface area contributed by atoms with Crippen molar-refractivity contribution in [2.45, 2.75) is 19.8 Å². The predicted octanol–water partition coefficient (Wildman–Crippen LogP) is 1.52. The molecular weight excluding hydrogens is 192 g/mol. The van der Waals surface area contributed by atoms with E-state index in [1.807, 2.05) is 29.7 Å². The van der Waals surface area contributed by atoms with Crippen LogP contribution in [0.3, 0.4) is 0 Å². The second-order valence-electron chi connectivity index (χ2n) is 3.43. The van der Waals surface area contributed by atoms with Crippen molar-refractivity contribution in [3.05, 3.63) is 35.9 Å². The Morgan fingerprint density at radius 2 is 2.33 bits per heavy atom. The van der Waals surface area contributed by atoms with Crippen molar-refractivity contribution in [1.29, 1.82) is 0 Å². The SMILES string of the molecule is CCc1ncc2ccc(CC(=O)O)cn12. The van der Waals surface area contributed by atoms with Crippen molar-refractivity contribution in [3.8, 4) is 0 Å². The van der Waals surface area contributed by atoms with Crippen LogP contribution in [0, 0.1) is 0 Å². The van der Waals surface area contributed by atoms with Gasteiger partial charge in [-0.15, -0.1) is 0 Å². The van der Waals surface area contributed by atoms with Crippen LogP contribution in [0.1, 0.15) is 18.3 Å². The van der Waals surface area contributed by atoms with E-state index in [1.165, 1.54) is 0 Å². The van der Waals surface area contributed by atoms with Crippen LogP contribution >= 0.6 is 0 Å². The van der Waals surface area contributed by atoms with Gasteiger partial charge in [0.2, 0.25) is 0 Å². The maximum atomic E-state index is 10.6. The normalized spacial score (nSPS) is 10.7. The summed E-state index contributed by atoms with van der Waals surface area (Å²) in [6.45, 7) is 2.03. The molecule has 78 valence electrons. The second-order valence-corrected chi connectivity index (χ2v) is 3.43. The van der Waals surface area contributed by atoms with Crippen molar-refractivity contribution in [1.82, 2.24) is 9.38 Å². The minimum absolute atomic E-state index is 0.0529. The molecule has 0 spiro atoms. The number of carboxylic acids is 1. The molecule has 4 nitrogen and oxygen atoms in total. The van der Waals surface area contributed by atoms with Gasteiger partial charge in [0.05, 0.1) is 18.1 Å². The maximum Gasteiger partial charge on any atom is 0.307 e. The number of carbonyl (C=O) groups is 1. The molecule has 0 radical (unpaired) electrons. The minimum Gasteiger partial charge on any atom is -0.481 e. The molecule has 0 aliphatic carbocycles. The first-order valence-electron chi connectivity index (χ1n) is 4.87. The molecule has 2 aromatic heterocycles. The first kappa shape index (κ1) is 9.71. The molecule has 0 aromatic carbocycles. The van der Waals surface area contributed by atoms with E-state index >= 15 is 0 Å². The summed E-state index contributed by atoms with van der Waals surface area (Å²) in [5.41, 5.74) is 1.80. The van der Waals surface area contributed by atoms with Crippen LogP contribution in [0.15, 0.2) is 24.5 Å². The Bertz CT molecular complexity index is 502.